The first kappa shape index (κ1) is 22.1. The summed E-state index contributed by atoms with van der Waals surface area (Å²) in [5.74, 6) is 0.578. The Bertz CT molecular complexity index is 1230. The molecule has 1 aliphatic rings. The van der Waals surface area contributed by atoms with Gasteiger partial charge in [-0.2, -0.15) is 0 Å². The molecule has 0 N–H and O–H groups in total. The fourth-order valence-corrected chi connectivity index (χ4v) is 4.00. The van der Waals surface area contributed by atoms with Gasteiger partial charge < -0.3 is 14.4 Å². The van der Waals surface area contributed by atoms with Gasteiger partial charge in [-0.3, -0.25) is 4.79 Å². The topological polar surface area (TPSA) is 55.8 Å². The molecule has 1 amide bonds. The summed E-state index contributed by atoms with van der Waals surface area (Å²) in [7, 11) is 1.32. The van der Waals surface area contributed by atoms with Crippen molar-refractivity contribution >= 4 is 18.0 Å². The van der Waals surface area contributed by atoms with Crippen LogP contribution < -0.4 is 4.74 Å². The summed E-state index contributed by atoms with van der Waals surface area (Å²) < 4.78 is 10.9. The second-order valence-electron chi connectivity index (χ2n) is 7.76. The lowest BCUT2D eigenvalue weighted by Crippen LogP contribution is -2.28. The molecule has 166 valence electrons. The van der Waals surface area contributed by atoms with Crippen molar-refractivity contribution in [3.05, 3.63) is 113 Å². The van der Waals surface area contributed by atoms with Crippen molar-refractivity contribution < 1.29 is 19.1 Å². The normalized spacial score (nSPS) is 15.7. The van der Waals surface area contributed by atoms with Crippen LogP contribution in [0.1, 0.15) is 31.0 Å². The number of nitrogens with zero attached hydrogens (tertiary/aromatic N) is 1. The van der Waals surface area contributed by atoms with Crippen molar-refractivity contribution in [2.75, 3.05) is 7.11 Å². The van der Waals surface area contributed by atoms with Crippen LogP contribution in [-0.4, -0.2) is 23.9 Å². The van der Waals surface area contributed by atoms with Gasteiger partial charge in [-0.05, 0) is 55.3 Å². The average Bonchev–Trinajstić information content (AvgIpc) is 3.08. The minimum Gasteiger partial charge on any atom is -0.465 e. The van der Waals surface area contributed by atoms with E-state index in [2.05, 4.69) is 0 Å². The Morgan fingerprint density at radius 1 is 0.909 bits per heavy atom. The van der Waals surface area contributed by atoms with E-state index in [1.54, 1.807) is 17.9 Å². The SMILES string of the molecule is COC(=O)C1=C(C)N([C@H](C)c2ccccc2)C(=O)/C1=C\c1cccc(Oc2ccccc2)c1. The first-order chi connectivity index (χ1) is 16.0. The van der Waals surface area contributed by atoms with Crippen LogP contribution in [0.2, 0.25) is 0 Å². The summed E-state index contributed by atoms with van der Waals surface area (Å²) in [5, 5.41) is 0. The zero-order valence-electron chi connectivity index (χ0n) is 18.8. The predicted octanol–water partition coefficient (Wildman–Crippen LogP) is 5.91. The van der Waals surface area contributed by atoms with Crippen LogP contribution in [0.4, 0.5) is 0 Å². The fourth-order valence-electron chi connectivity index (χ4n) is 4.00. The Balaban J connectivity index is 1.71. The lowest BCUT2D eigenvalue weighted by atomic mass is 10.0. The summed E-state index contributed by atoms with van der Waals surface area (Å²) in [5.41, 5.74) is 2.88. The number of rotatable bonds is 6. The Morgan fingerprint density at radius 3 is 2.21 bits per heavy atom. The number of amides is 1. The summed E-state index contributed by atoms with van der Waals surface area (Å²) >= 11 is 0. The maximum absolute atomic E-state index is 13.5. The van der Waals surface area contributed by atoms with Gasteiger partial charge in [0.1, 0.15) is 11.5 Å². The maximum Gasteiger partial charge on any atom is 0.340 e. The van der Waals surface area contributed by atoms with Crippen molar-refractivity contribution in [2.45, 2.75) is 19.9 Å². The molecule has 0 saturated heterocycles. The molecule has 4 rings (SSSR count). The largest absolute Gasteiger partial charge is 0.465 e. The number of hydrogen-bond donors (Lipinski definition) is 0. The molecule has 0 bridgehead atoms. The first-order valence-electron chi connectivity index (χ1n) is 10.7. The third-order valence-corrected chi connectivity index (χ3v) is 5.65. The molecule has 1 aliphatic heterocycles. The van der Waals surface area contributed by atoms with Crippen LogP contribution in [0.5, 0.6) is 11.5 Å². The van der Waals surface area contributed by atoms with E-state index in [0.717, 1.165) is 11.1 Å². The van der Waals surface area contributed by atoms with Crippen molar-refractivity contribution in [3.8, 4) is 11.5 Å². The number of allylic oxidation sites excluding steroid dienone is 1. The summed E-state index contributed by atoms with van der Waals surface area (Å²) in [6, 6.07) is 26.3. The van der Waals surface area contributed by atoms with Crippen molar-refractivity contribution in [1.29, 1.82) is 0 Å². The standard InChI is InChI=1S/C28H25NO4/c1-19(22-12-6-4-7-13-22)29-20(2)26(28(31)32-3)25(27(29)30)18-21-11-10-16-24(17-21)33-23-14-8-5-9-15-23/h4-19H,1-3H3/b25-18-/t19-/m1/s1. The summed E-state index contributed by atoms with van der Waals surface area (Å²) in [6.45, 7) is 3.72. The lowest BCUT2D eigenvalue weighted by molar-refractivity contribution is -0.136. The molecular weight excluding hydrogens is 414 g/mol. The highest BCUT2D eigenvalue weighted by Gasteiger charge is 2.39. The second-order valence-corrected chi connectivity index (χ2v) is 7.76. The van der Waals surface area contributed by atoms with E-state index < -0.39 is 5.97 Å². The number of carbonyl (C=O) groups excluding carboxylic acids is 2. The lowest BCUT2D eigenvalue weighted by Gasteiger charge is -2.26. The van der Waals surface area contributed by atoms with E-state index in [1.807, 2.05) is 91.9 Å². The van der Waals surface area contributed by atoms with Crippen LogP contribution in [0.3, 0.4) is 0 Å². The number of carbonyl (C=O) groups is 2. The maximum atomic E-state index is 13.5. The molecule has 3 aromatic rings. The highest BCUT2D eigenvalue weighted by atomic mass is 16.5. The number of ether oxygens (including phenoxy) is 2. The molecule has 0 spiro atoms. The van der Waals surface area contributed by atoms with Gasteiger partial charge in [-0.15, -0.1) is 0 Å². The molecular formula is C28H25NO4. The van der Waals surface area contributed by atoms with Crippen molar-refractivity contribution in [1.82, 2.24) is 4.90 Å². The van der Waals surface area contributed by atoms with Gasteiger partial charge in [0.25, 0.3) is 5.91 Å². The van der Waals surface area contributed by atoms with Crippen LogP contribution >= 0.6 is 0 Å². The molecule has 0 aliphatic carbocycles. The monoisotopic (exact) mass is 439 g/mol. The van der Waals surface area contributed by atoms with Gasteiger partial charge in [-0.25, -0.2) is 4.79 Å². The van der Waals surface area contributed by atoms with Crippen molar-refractivity contribution in [2.24, 2.45) is 0 Å². The molecule has 5 nitrogen and oxygen atoms in total. The van der Waals surface area contributed by atoms with E-state index in [1.165, 1.54) is 7.11 Å². The van der Waals surface area contributed by atoms with Gasteiger partial charge >= 0.3 is 5.97 Å². The molecule has 3 aromatic carbocycles. The van der Waals surface area contributed by atoms with Gasteiger partial charge in [0.05, 0.1) is 24.3 Å². The minimum absolute atomic E-state index is 0.237. The van der Waals surface area contributed by atoms with Crippen LogP contribution in [0.25, 0.3) is 6.08 Å². The Labute approximate surface area is 193 Å². The third-order valence-electron chi connectivity index (χ3n) is 5.65. The van der Waals surface area contributed by atoms with E-state index in [0.29, 0.717) is 22.8 Å². The van der Waals surface area contributed by atoms with Gasteiger partial charge in [0.15, 0.2) is 0 Å². The summed E-state index contributed by atoms with van der Waals surface area (Å²) in [4.78, 5) is 27.8. The number of methoxy groups -OCH3 is 1. The number of para-hydroxylation sites is 1. The predicted molar refractivity (Wildman–Crippen MR) is 127 cm³/mol. The molecule has 5 heteroatoms. The molecule has 33 heavy (non-hydrogen) atoms. The zero-order valence-corrected chi connectivity index (χ0v) is 18.8. The Morgan fingerprint density at radius 2 is 1.55 bits per heavy atom. The zero-order chi connectivity index (χ0) is 23.4. The number of esters is 1. The number of benzene rings is 3. The van der Waals surface area contributed by atoms with E-state index >= 15 is 0 Å². The number of hydrogen-bond acceptors (Lipinski definition) is 4. The first-order valence-corrected chi connectivity index (χ1v) is 10.7. The molecule has 0 unspecified atom stereocenters. The molecule has 0 fully saturated rings. The molecule has 0 radical (unpaired) electrons. The van der Waals surface area contributed by atoms with E-state index in [4.69, 9.17) is 9.47 Å². The highest BCUT2D eigenvalue weighted by Crippen LogP contribution is 2.37. The van der Waals surface area contributed by atoms with E-state index in [9.17, 15) is 9.59 Å². The molecule has 1 heterocycles. The summed E-state index contributed by atoms with van der Waals surface area (Å²) in [6.07, 6.45) is 1.72. The molecule has 0 saturated carbocycles. The van der Waals surface area contributed by atoms with Gasteiger partial charge in [-0.1, -0.05) is 60.7 Å². The third kappa shape index (κ3) is 4.58. The fraction of sp³-hybridized carbons (Fsp3) is 0.143. The second kappa shape index (κ2) is 9.57. The Kier molecular flexibility index (Phi) is 6.41. The smallest absolute Gasteiger partial charge is 0.340 e. The average molecular weight is 440 g/mol. The molecule has 0 aromatic heterocycles. The van der Waals surface area contributed by atoms with Crippen molar-refractivity contribution in [3.63, 3.8) is 0 Å². The molecule has 1 atom stereocenters. The van der Waals surface area contributed by atoms with Crippen LogP contribution in [-0.2, 0) is 14.3 Å². The van der Waals surface area contributed by atoms with Crippen LogP contribution in [0, 0.1) is 0 Å². The van der Waals surface area contributed by atoms with Gasteiger partial charge in [0, 0.05) is 5.70 Å². The van der Waals surface area contributed by atoms with Crippen LogP contribution in [0.15, 0.2) is 102 Å². The van der Waals surface area contributed by atoms with Gasteiger partial charge in [0.2, 0.25) is 0 Å². The highest BCUT2D eigenvalue weighted by molar-refractivity contribution is 6.16. The Hall–Kier alpha value is -4.12. The van der Waals surface area contributed by atoms with E-state index in [-0.39, 0.29) is 17.5 Å². The minimum atomic E-state index is -0.536. The quantitative estimate of drug-likeness (QED) is 0.354.